The summed E-state index contributed by atoms with van der Waals surface area (Å²) in [6.07, 6.45) is 0. The van der Waals surface area contributed by atoms with Gasteiger partial charge in [-0.2, -0.15) is 21.0 Å². The molecule has 0 unspecified atom stereocenters. The molecule has 2 heterocycles. The number of hydrogen-bond acceptors (Lipinski definition) is 13. The number of primary amides is 2. The van der Waals surface area contributed by atoms with Crippen molar-refractivity contribution in [2.24, 2.45) is 11.5 Å². The Labute approximate surface area is 326 Å². The lowest BCUT2D eigenvalue weighted by Gasteiger charge is -2.13. The number of phenolic OH excluding ortho intramolecular Hbond substituents is 2. The van der Waals surface area contributed by atoms with Crippen LogP contribution in [0.5, 0.6) is 11.5 Å². The molecule has 0 spiro atoms. The number of nitrogen functional groups attached to an aromatic ring is 2. The van der Waals surface area contributed by atoms with E-state index in [1.807, 2.05) is 24.3 Å². The van der Waals surface area contributed by atoms with Crippen molar-refractivity contribution in [1.29, 1.82) is 21.0 Å². The third-order valence-corrected chi connectivity index (χ3v) is 8.99. The second kappa shape index (κ2) is 18.9. The number of benzene rings is 2. The first kappa shape index (κ1) is 42.2. The second-order valence-corrected chi connectivity index (χ2v) is 12.9. The van der Waals surface area contributed by atoms with Gasteiger partial charge in [-0.25, -0.2) is 4.98 Å². The molecule has 0 aliphatic rings. The standard InChI is InChI=1S/C15H9Cl2N5O2S.C13H6Cl2N4OS.C2H4BrNO/c16-9-1-6(2-10(17)13(9)24)12-7(3-18)14(21)22-15(8(12)4-19)25-5-11(20)23;14-8-1-5(2-9(15)11(8)20)10-6(3-16)12(18)19-13(21)7(10)4-17;3-1-2(4)5/h1-2,24H,5H2,(H2,20,23)(H2,21,22);1-2,20H,(H3,18,19,21);1H2,(H2,4,5). The van der Waals surface area contributed by atoms with Gasteiger partial charge in [0.1, 0.15) is 56.7 Å². The lowest BCUT2D eigenvalue weighted by Crippen LogP contribution is -2.14. The zero-order chi connectivity index (χ0) is 38.7. The Morgan fingerprint density at radius 3 is 1.53 bits per heavy atom. The van der Waals surface area contributed by atoms with Crippen molar-refractivity contribution in [1.82, 2.24) is 9.97 Å². The first-order valence-electron chi connectivity index (χ1n) is 13.1. The summed E-state index contributed by atoms with van der Waals surface area (Å²) in [6, 6.07) is 13.2. The van der Waals surface area contributed by atoms with Crippen LogP contribution in [0.2, 0.25) is 20.1 Å². The fourth-order valence-electron chi connectivity index (χ4n) is 3.88. The van der Waals surface area contributed by atoms with E-state index >= 15 is 0 Å². The number of nitrogens with zero attached hydrogens (tertiary/aromatic N) is 5. The number of pyridine rings is 2. The summed E-state index contributed by atoms with van der Waals surface area (Å²) in [4.78, 5) is 27.1. The number of carbonyl (C=O) groups is 2. The fourth-order valence-corrected chi connectivity index (χ4v) is 5.85. The number of rotatable bonds is 6. The average molecular weight is 869 g/mol. The molecule has 11 N–H and O–H groups in total. The summed E-state index contributed by atoms with van der Waals surface area (Å²) in [5, 5.41) is 57.0. The van der Waals surface area contributed by atoms with Gasteiger partial charge in [-0.15, -0.1) is 0 Å². The number of anilines is 2. The van der Waals surface area contributed by atoms with Gasteiger partial charge in [0.25, 0.3) is 0 Å². The average Bonchev–Trinajstić information content (AvgIpc) is 3.08. The van der Waals surface area contributed by atoms with Crippen LogP contribution in [0.15, 0.2) is 29.3 Å². The van der Waals surface area contributed by atoms with Crippen molar-refractivity contribution in [3.05, 3.63) is 71.3 Å². The maximum atomic E-state index is 11.0. The molecule has 0 fully saturated rings. The van der Waals surface area contributed by atoms with Gasteiger partial charge in [-0.1, -0.05) is 86.3 Å². The molecule has 14 nitrogen and oxygen atoms in total. The highest BCUT2D eigenvalue weighted by Crippen LogP contribution is 2.42. The number of thioether (sulfide) groups is 1. The van der Waals surface area contributed by atoms with Gasteiger partial charge < -0.3 is 38.1 Å². The van der Waals surface area contributed by atoms with Gasteiger partial charge in [0.15, 0.2) is 11.5 Å². The van der Waals surface area contributed by atoms with Crippen molar-refractivity contribution in [2.45, 2.75) is 5.03 Å². The molecular weight excluding hydrogens is 850 g/mol. The van der Waals surface area contributed by atoms with Crippen LogP contribution < -0.4 is 22.9 Å². The van der Waals surface area contributed by atoms with Gasteiger partial charge in [0.2, 0.25) is 11.8 Å². The molecule has 0 bridgehead atoms. The summed E-state index contributed by atoms with van der Waals surface area (Å²) in [7, 11) is 0. The topological polar surface area (TPSA) is 303 Å². The molecule has 0 saturated heterocycles. The fraction of sp³-hybridized carbons (Fsp3) is 0.0667. The molecule has 2 aromatic carbocycles. The lowest BCUT2D eigenvalue weighted by atomic mass is 9.97. The minimum Gasteiger partial charge on any atom is -0.505 e. The zero-order valence-electron chi connectivity index (χ0n) is 25.2. The van der Waals surface area contributed by atoms with Crippen LogP contribution in [0, 0.1) is 50.0 Å². The first-order chi connectivity index (χ1) is 24.0. The van der Waals surface area contributed by atoms with Gasteiger partial charge in [-0.05, 0) is 35.4 Å². The van der Waals surface area contributed by atoms with Gasteiger partial charge >= 0.3 is 0 Å². The smallest absolute Gasteiger partial charge is 0.228 e. The number of phenols is 2. The number of aromatic nitrogens is 2. The van der Waals surface area contributed by atoms with E-state index in [9.17, 15) is 40.8 Å². The van der Waals surface area contributed by atoms with Crippen LogP contribution in [-0.2, 0) is 9.59 Å². The number of halogens is 5. The Morgan fingerprint density at radius 2 is 1.18 bits per heavy atom. The van der Waals surface area contributed by atoms with E-state index in [4.69, 9.17) is 75.8 Å². The number of nitriles is 4. The number of nitrogens with two attached hydrogens (primary N) is 4. The molecule has 0 saturated carbocycles. The molecule has 51 heavy (non-hydrogen) atoms. The van der Waals surface area contributed by atoms with Gasteiger partial charge in [-0.3, -0.25) is 9.59 Å². The molecule has 0 radical (unpaired) electrons. The molecule has 4 rings (SSSR count). The highest BCUT2D eigenvalue weighted by molar-refractivity contribution is 9.09. The van der Waals surface area contributed by atoms with Crippen molar-refractivity contribution < 1.29 is 19.8 Å². The number of amides is 2. The monoisotopic (exact) mass is 866 g/mol. The molecule has 0 atom stereocenters. The number of hydrogen-bond donors (Lipinski definition) is 7. The number of aromatic hydroxyl groups is 2. The molecule has 260 valence electrons. The Balaban J connectivity index is 0.000000316. The third-order valence-electron chi connectivity index (χ3n) is 5.98. The minimum absolute atomic E-state index is 0.0115. The molecule has 21 heteroatoms. The largest absolute Gasteiger partial charge is 0.505 e. The second-order valence-electron chi connectivity index (χ2n) is 9.30. The van der Waals surface area contributed by atoms with Crippen molar-refractivity contribution >= 4 is 110 Å². The van der Waals surface area contributed by atoms with E-state index in [0.29, 0.717) is 11.1 Å². The molecule has 0 aliphatic heterocycles. The summed E-state index contributed by atoms with van der Waals surface area (Å²) in [5.41, 5.74) is 22.4. The first-order valence-corrected chi connectivity index (χ1v) is 17.1. The van der Waals surface area contributed by atoms with E-state index < -0.39 is 5.91 Å². The maximum Gasteiger partial charge on any atom is 0.228 e. The Hall–Kier alpha value is -4.95. The lowest BCUT2D eigenvalue weighted by molar-refractivity contribution is -0.116. The number of nitrogens with one attached hydrogen (secondary N) is 1. The summed E-state index contributed by atoms with van der Waals surface area (Å²) in [6.45, 7) is 0. The summed E-state index contributed by atoms with van der Waals surface area (Å²) < 4.78 is 0.101. The molecular formula is C30H19BrCl4N10O4S2. The van der Waals surface area contributed by atoms with Crippen molar-refractivity contribution in [3.63, 3.8) is 0 Å². The Bertz CT molecular complexity index is 2250. The number of aromatic amines is 1. The van der Waals surface area contributed by atoms with Crippen molar-refractivity contribution in [2.75, 3.05) is 22.6 Å². The highest BCUT2D eigenvalue weighted by Gasteiger charge is 2.23. The van der Waals surface area contributed by atoms with Crippen LogP contribution in [0.4, 0.5) is 11.6 Å². The van der Waals surface area contributed by atoms with Crippen LogP contribution in [0.3, 0.4) is 0 Å². The summed E-state index contributed by atoms with van der Waals surface area (Å²) in [5.74, 6) is -1.74. The molecule has 2 amide bonds. The number of alkyl halides is 1. The Kier molecular flexibility index (Phi) is 15.6. The van der Waals surface area contributed by atoms with Crippen molar-refractivity contribution in [3.8, 4) is 58.0 Å². The quantitative estimate of drug-likeness (QED) is 0.0638. The zero-order valence-corrected chi connectivity index (χ0v) is 31.4. The Morgan fingerprint density at radius 1 is 0.784 bits per heavy atom. The highest BCUT2D eigenvalue weighted by atomic mass is 79.9. The van der Waals surface area contributed by atoms with E-state index in [1.165, 1.54) is 24.3 Å². The predicted molar refractivity (Wildman–Crippen MR) is 201 cm³/mol. The third kappa shape index (κ3) is 10.3. The number of H-pyrrole nitrogens is 1. The molecule has 0 aliphatic carbocycles. The van der Waals surface area contributed by atoms with Crippen LogP contribution >= 0.6 is 86.3 Å². The maximum absolute atomic E-state index is 11.0. The predicted octanol–water partition coefficient (Wildman–Crippen LogP) is 6.28. The van der Waals surface area contributed by atoms with E-state index in [0.717, 1.165) is 11.8 Å². The van der Waals surface area contributed by atoms with Gasteiger partial charge in [0.05, 0.1) is 42.3 Å². The normalized spacial score (nSPS) is 9.75. The van der Waals surface area contributed by atoms with Crippen LogP contribution in [0.1, 0.15) is 22.3 Å². The van der Waals surface area contributed by atoms with Crippen LogP contribution in [0.25, 0.3) is 22.3 Å². The minimum atomic E-state index is -0.601. The summed E-state index contributed by atoms with van der Waals surface area (Å²) >= 11 is 32.4. The number of carbonyl (C=O) groups excluding carboxylic acids is 2. The van der Waals surface area contributed by atoms with Gasteiger partial charge in [0, 0.05) is 11.1 Å². The SMILES string of the molecule is N#Cc1c(N)[nH]c(=S)c(C#N)c1-c1cc(Cl)c(O)c(Cl)c1.N#Cc1c(N)nc(SCC(N)=O)c(C#N)c1-c1cc(Cl)c(O)c(Cl)c1.NC(=O)CBr. The molecule has 2 aromatic heterocycles. The van der Waals surface area contributed by atoms with E-state index in [2.05, 4.69) is 31.6 Å². The molecule has 4 aromatic rings. The van der Waals surface area contributed by atoms with Crippen LogP contribution in [-0.4, -0.2) is 43.1 Å². The van der Waals surface area contributed by atoms with E-state index in [-0.39, 0.29) is 103 Å². The van der Waals surface area contributed by atoms with E-state index in [1.54, 1.807) is 0 Å².